The monoisotopic (exact) mass is 358 g/mol. The lowest BCUT2D eigenvalue weighted by Gasteiger charge is -2.23. The minimum absolute atomic E-state index is 0.00981. The van der Waals surface area contributed by atoms with Crippen LogP contribution in [0.4, 0.5) is 0 Å². The Kier molecular flexibility index (Phi) is 4.16. The Balaban J connectivity index is 1.86. The van der Waals surface area contributed by atoms with E-state index in [2.05, 4.69) is 4.72 Å². The molecule has 2 N–H and O–H groups in total. The predicted molar refractivity (Wildman–Crippen MR) is 85.9 cm³/mol. The van der Waals surface area contributed by atoms with Crippen LogP contribution in [0.2, 0.25) is 5.02 Å². The molecule has 0 bridgehead atoms. The molecule has 1 atom stereocenters. The second-order valence-electron chi connectivity index (χ2n) is 6.20. The molecule has 23 heavy (non-hydrogen) atoms. The molecule has 3 rings (SSSR count). The molecule has 8 heteroatoms. The van der Waals surface area contributed by atoms with Gasteiger partial charge < -0.3 is 10.0 Å². The van der Waals surface area contributed by atoms with Crippen LogP contribution in [0.25, 0.3) is 0 Å². The molecule has 1 saturated carbocycles. The summed E-state index contributed by atoms with van der Waals surface area (Å²) in [4.78, 5) is 14.2. The van der Waals surface area contributed by atoms with Gasteiger partial charge in [0.2, 0.25) is 10.0 Å². The van der Waals surface area contributed by atoms with E-state index in [-0.39, 0.29) is 33.9 Å². The zero-order chi connectivity index (χ0) is 16.8. The van der Waals surface area contributed by atoms with Crippen molar-refractivity contribution in [1.29, 1.82) is 0 Å². The molecule has 0 radical (unpaired) electrons. The SMILES string of the molecule is CNS(=O)(=O)c1ccc(Cl)c(C(=O)N2CCC(O)(C3CC3)C2)c1. The van der Waals surface area contributed by atoms with Gasteiger partial charge in [0.1, 0.15) is 0 Å². The number of aliphatic hydroxyl groups is 1. The molecule has 1 aromatic carbocycles. The van der Waals surface area contributed by atoms with Gasteiger partial charge in [-0.3, -0.25) is 4.79 Å². The summed E-state index contributed by atoms with van der Waals surface area (Å²) >= 11 is 6.08. The van der Waals surface area contributed by atoms with E-state index in [4.69, 9.17) is 11.6 Å². The molecule has 0 aromatic heterocycles. The summed E-state index contributed by atoms with van der Waals surface area (Å²) in [5.74, 6) is -0.0773. The summed E-state index contributed by atoms with van der Waals surface area (Å²) < 4.78 is 26.0. The van der Waals surface area contributed by atoms with Crippen molar-refractivity contribution in [2.75, 3.05) is 20.1 Å². The van der Waals surface area contributed by atoms with E-state index in [1.54, 1.807) is 4.90 Å². The number of hydrogen-bond donors (Lipinski definition) is 2. The Morgan fingerprint density at radius 3 is 2.74 bits per heavy atom. The van der Waals surface area contributed by atoms with Gasteiger partial charge in [-0.05, 0) is 50.4 Å². The third kappa shape index (κ3) is 3.10. The number of β-amino-alcohol motifs (C(OH)–C–C–N with tert-alkyl or cyclic N) is 1. The van der Waals surface area contributed by atoms with Gasteiger partial charge in [0, 0.05) is 6.54 Å². The number of carbonyl (C=O) groups excluding carboxylic acids is 1. The Hall–Kier alpha value is -1.15. The number of benzene rings is 1. The first-order valence-electron chi connectivity index (χ1n) is 7.51. The fourth-order valence-corrected chi connectivity index (χ4v) is 4.02. The molecule has 1 unspecified atom stereocenters. The average molecular weight is 359 g/mol. The fraction of sp³-hybridized carbons (Fsp3) is 0.533. The van der Waals surface area contributed by atoms with Gasteiger partial charge in [0.05, 0.1) is 27.6 Å². The lowest BCUT2D eigenvalue weighted by atomic mass is 9.97. The maximum Gasteiger partial charge on any atom is 0.255 e. The standard InChI is InChI=1S/C15H19ClN2O4S/c1-17-23(21,22)11-4-5-13(16)12(8-11)14(19)18-7-6-15(20,9-18)10-2-3-10/h4-5,8,10,17,20H,2-3,6-7,9H2,1H3. The second kappa shape index (κ2) is 5.73. The number of halogens is 1. The number of likely N-dealkylation sites (tertiary alicyclic amines) is 1. The van der Waals surface area contributed by atoms with Gasteiger partial charge in [0.15, 0.2) is 0 Å². The van der Waals surface area contributed by atoms with Crippen molar-refractivity contribution in [2.45, 2.75) is 29.8 Å². The van der Waals surface area contributed by atoms with E-state index < -0.39 is 15.6 Å². The smallest absolute Gasteiger partial charge is 0.255 e. The lowest BCUT2D eigenvalue weighted by molar-refractivity contribution is 0.0257. The first-order valence-corrected chi connectivity index (χ1v) is 9.38. The van der Waals surface area contributed by atoms with Crippen molar-refractivity contribution in [3.63, 3.8) is 0 Å². The number of carbonyl (C=O) groups is 1. The van der Waals surface area contributed by atoms with Crippen LogP contribution in [0.3, 0.4) is 0 Å². The number of amides is 1. The summed E-state index contributed by atoms with van der Waals surface area (Å²) in [5.41, 5.74) is -0.667. The summed E-state index contributed by atoms with van der Waals surface area (Å²) in [6.07, 6.45) is 2.54. The Morgan fingerprint density at radius 1 is 1.43 bits per heavy atom. The van der Waals surface area contributed by atoms with E-state index >= 15 is 0 Å². The molecule has 1 aliphatic heterocycles. The predicted octanol–water partition coefficient (Wildman–Crippen LogP) is 1.24. The average Bonchev–Trinajstić information content (AvgIpc) is 3.31. The number of hydrogen-bond acceptors (Lipinski definition) is 4. The number of nitrogens with zero attached hydrogens (tertiary/aromatic N) is 1. The molecule has 2 aliphatic rings. The van der Waals surface area contributed by atoms with Crippen LogP contribution in [-0.4, -0.2) is 50.1 Å². The highest BCUT2D eigenvalue weighted by Gasteiger charge is 2.49. The molecule has 0 spiro atoms. The zero-order valence-electron chi connectivity index (χ0n) is 12.8. The maximum absolute atomic E-state index is 12.7. The van der Waals surface area contributed by atoms with Crippen molar-refractivity contribution in [1.82, 2.24) is 9.62 Å². The molecule has 1 saturated heterocycles. The van der Waals surface area contributed by atoms with Crippen molar-refractivity contribution >= 4 is 27.5 Å². The quantitative estimate of drug-likeness (QED) is 0.847. The van der Waals surface area contributed by atoms with Crippen LogP contribution in [-0.2, 0) is 10.0 Å². The first-order chi connectivity index (χ1) is 10.8. The van der Waals surface area contributed by atoms with Gasteiger partial charge in [-0.25, -0.2) is 13.1 Å². The minimum atomic E-state index is -3.65. The third-order valence-electron chi connectivity index (χ3n) is 4.65. The van der Waals surface area contributed by atoms with Crippen molar-refractivity contribution in [2.24, 2.45) is 5.92 Å². The van der Waals surface area contributed by atoms with Gasteiger partial charge in [-0.1, -0.05) is 11.6 Å². The van der Waals surface area contributed by atoms with Crippen LogP contribution in [0, 0.1) is 5.92 Å². The summed E-state index contributed by atoms with van der Waals surface area (Å²) in [7, 11) is -2.34. The normalized spacial score (nSPS) is 24.9. The molecule has 1 amide bonds. The van der Waals surface area contributed by atoms with E-state index in [0.717, 1.165) is 12.8 Å². The topological polar surface area (TPSA) is 86.7 Å². The van der Waals surface area contributed by atoms with Gasteiger partial charge in [-0.15, -0.1) is 0 Å². The number of sulfonamides is 1. The zero-order valence-corrected chi connectivity index (χ0v) is 14.3. The van der Waals surface area contributed by atoms with Crippen molar-refractivity contribution in [3.05, 3.63) is 28.8 Å². The Morgan fingerprint density at radius 2 is 2.13 bits per heavy atom. The third-order valence-corrected chi connectivity index (χ3v) is 6.39. The van der Waals surface area contributed by atoms with E-state index in [0.29, 0.717) is 13.0 Å². The lowest BCUT2D eigenvalue weighted by Crippen LogP contribution is -2.37. The minimum Gasteiger partial charge on any atom is -0.388 e. The van der Waals surface area contributed by atoms with Crippen molar-refractivity contribution in [3.8, 4) is 0 Å². The second-order valence-corrected chi connectivity index (χ2v) is 8.50. The van der Waals surface area contributed by atoms with Gasteiger partial charge >= 0.3 is 0 Å². The Bertz CT molecular complexity index is 748. The molecule has 1 aliphatic carbocycles. The first kappa shape index (κ1) is 16.7. The van der Waals surface area contributed by atoms with E-state index in [1.165, 1.54) is 25.2 Å². The summed E-state index contributed by atoms with van der Waals surface area (Å²) in [6.45, 7) is 0.723. The molecule has 126 valence electrons. The highest BCUT2D eigenvalue weighted by molar-refractivity contribution is 7.89. The summed E-state index contributed by atoms with van der Waals surface area (Å²) in [5, 5.41) is 10.8. The summed E-state index contributed by atoms with van der Waals surface area (Å²) in [6, 6.07) is 4.04. The highest BCUT2D eigenvalue weighted by atomic mass is 35.5. The van der Waals surface area contributed by atoms with E-state index in [1.807, 2.05) is 0 Å². The molecule has 1 heterocycles. The number of nitrogens with one attached hydrogen (secondary N) is 1. The molecule has 6 nitrogen and oxygen atoms in total. The van der Waals surface area contributed by atoms with Crippen LogP contribution in [0.5, 0.6) is 0 Å². The van der Waals surface area contributed by atoms with Crippen LogP contribution in [0.1, 0.15) is 29.6 Å². The van der Waals surface area contributed by atoms with Crippen LogP contribution in [0.15, 0.2) is 23.1 Å². The van der Waals surface area contributed by atoms with Crippen LogP contribution >= 0.6 is 11.6 Å². The van der Waals surface area contributed by atoms with Crippen molar-refractivity contribution < 1.29 is 18.3 Å². The van der Waals surface area contributed by atoms with Gasteiger partial charge in [0.25, 0.3) is 5.91 Å². The molecular formula is C15H19ClN2O4S. The van der Waals surface area contributed by atoms with Gasteiger partial charge in [-0.2, -0.15) is 0 Å². The van der Waals surface area contributed by atoms with E-state index in [9.17, 15) is 18.3 Å². The maximum atomic E-state index is 12.7. The molecular weight excluding hydrogens is 340 g/mol. The number of rotatable bonds is 4. The van der Waals surface area contributed by atoms with Crippen LogP contribution < -0.4 is 4.72 Å². The Labute approximate surface area is 140 Å². The largest absolute Gasteiger partial charge is 0.388 e. The molecule has 2 fully saturated rings. The molecule has 1 aromatic rings. The fourth-order valence-electron chi connectivity index (χ4n) is 3.07. The highest BCUT2D eigenvalue weighted by Crippen LogP contribution is 2.44.